The predicted octanol–water partition coefficient (Wildman–Crippen LogP) is 1.87. The van der Waals surface area contributed by atoms with Gasteiger partial charge in [0.25, 0.3) is 0 Å². The van der Waals surface area contributed by atoms with E-state index in [1.165, 1.54) is 11.3 Å². The first-order valence-electron chi connectivity index (χ1n) is 5.35. The molecule has 0 aliphatic carbocycles. The van der Waals surface area contributed by atoms with Gasteiger partial charge in [-0.25, -0.2) is 4.79 Å². The highest BCUT2D eigenvalue weighted by molar-refractivity contribution is 7.11. The Balaban J connectivity index is 3.21. The first-order valence-corrected chi connectivity index (χ1v) is 6.17. The lowest BCUT2D eigenvalue weighted by Crippen LogP contribution is -2.11. The maximum atomic E-state index is 11.7. The van der Waals surface area contributed by atoms with Crippen LogP contribution in [-0.4, -0.2) is 22.9 Å². The van der Waals surface area contributed by atoms with Crippen LogP contribution in [0.15, 0.2) is 10.2 Å². The van der Waals surface area contributed by atoms with Crippen LogP contribution in [0.1, 0.15) is 36.1 Å². The average Bonchev–Trinajstić information content (AvgIpc) is 2.54. The number of esters is 1. The third kappa shape index (κ3) is 3.26. The van der Waals surface area contributed by atoms with Crippen molar-refractivity contribution in [2.45, 2.75) is 27.7 Å². The molecule has 0 fully saturated rings. The number of rotatable bonds is 3. The number of hydrogen-bond donors (Lipinski definition) is 0. The number of carbonyl (C=O) groups excluding carboxylic acids is 1. The highest BCUT2D eigenvalue weighted by Gasteiger charge is 2.15. The maximum absolute atomic E-state index is 11.7. The molecule has 0 aliphatic heterocycles. The van der Waals surface area contributed by atoms with Crippen LogP contribution in [0, 0.1) is 6.92 Å². The van der Waals surface area contributed by atoms with Crippen molar-refractivity contribution in [3.8, 4) is 0 Å². The fraction of sp³-hybridized carbons (Fsp3) is 0.545. The van der Waals surface area contributed by atoms with Gasteiger partial charge < -0.3 is 9.30 Å². The topological polar surface area (TPSA) is 55.9 Å². The van der Waals surface area contributed by atoms with Gasteiger partial charge in [0.1, 0.15) is 4.88 Å². The molecular formula is C11H17N3O2S. The van der Waals surface area contributed by atoms with E-state index in [2.05, 4.69) is 10.2 Å². The number of aromatic nitrogens is 1. The molecule has 0 radical (unpaired) electrons. The Morgan fingerprint density at radius 1 is 1.47 bits per heavy atom. The summed E-state index contributed by atoms with van der Waals surface area (Å²) in [4.78, 5) is 12.9. The van der Waals surface area contributed by atoms with Crippen LogP contribution >= 0.6 is 11.3 Å². The van der Waals surface area contributed by atoms with E-state index in [4.69, 9.17) is 4.74 Å². The largest absolute Gasteiger partial charge is 0.462 e. The van der Waals surface area contributed by atoms with Crippen molar-refractivity contribution in [1.29, 1.82) is 0 Å². The Kier molecular flexibility index (Phi) is 4.62. The molecule has 17 heavy (non-hydrogen) atoms. The molecule has 0 bridgehead atoms. The standard InChI is InChI=1S/C11H17N3O2S/c1-6-16-10(15)9-8(4)14(5)11(17-9)13-12-7(2)3/h6H2,1-5H3/b13-11-. The Labute approximate surface area is 104 Å². The number of hydrogen-bond acceptors (Lipinski definition) is 5. The molecule has 0 aromatic carbocycles. The smallest absolute Gasteiger partial charge is 0.350 e. The molecule has 1 aromatic heterocycles. The highest BCUT2D eigenvalue weighted by atomic mass is 32.1. The highest BCUT2D eigenvalue weighted by Crippen LogP contribution is 2.12. The summed E-state index contributed by atoms with van der Waals surface area (Å²) in [5.74, 6) is -0.302. The lowest BCUT2D eigenvalue weighted by Gasteiger charge is -1.99. The van der Waals surface area contributed by atoms with Crippen molar-refractivity contribution in [3.63, 3.8) is 0 Å². The third-order valence-corrected chi connectivity index (χ3v) is 3.31. The molecule has 6 heteroatoms. The van der Waals surface area contributed by atoms with Crippen LogP contribution in [0.25, 0.3) is 0 Å². The van der Waals surface area contributed by atoms with E-state index in [0.717, 1.165) is 11.4 Å². The molecule has 0 spiro atoms. The normalized spacial score (nSPS) is 11.5. The lowest BCUT2D eigenvalue weighted by atomic mass is 10.4. The van der Waals surface area contributed by atoms with E-state index in [1.807, 2.05) is 32.4 Å². The molecule has 1 heterocycles. The van der Waals surface area contributed by atoms with Gasteiger partial charge in [0.2, 0.25) is 4.80 Å². The molecule has 0 saturated heterocycles. The first-order chi connectivity index (χ1) is 7.97. The van der Waals surface area contributed by atoms with Crippen LogP contribution < -0.4 is 4.80 Å². The zero-order chi connectivity index (χ0) is 13.0. The second kappa shape index (κ2) is 5.77. The molecule has 1 aromatic rings. The average molecular weight is 255 g/mol. The summed E-state index contributed by atoms with van der Waals surface area (Å²) < 4.78 is 6.82. The summed E-state index contributed by atoms with van der Waals surface area (Å²) in [5.41, 5.74) is 1.71. The van der Waals surface area contributed by atoms with Gasteiger partial charge in [0.05, 0.1) is 6.61 Å². The number of thiazole rings is 1. The molecule has 0 aliphatic rings. The summed E-state index contributed by atoms with van der Waals surface area (Å²) >= 11 is 1.29. The van der Waals surface area contributed by atoms with Crippen LogP contribution in [-0.2, 0) is 11.8 Å². The summed E-state index contributed by atoms with van der Waals surface area (Å²) in [6.07, 6.45) is 0. The summed E-state index contributed by atoms with van der Waals surface area (Å²) in [6.45, 7) is 7.77. The van der Waals surface area contributed by atoms with E-state index in [1.54, 1.807) is 6.92 Å². The Hall–Kier alpha value is -1.43. The molecular weight excluding hydrogens is 238 g/mol. The van der Waals surface area contributed by atoms with Crippen LogP contribution in [0.5, 0.6) is 0 Å². The van der Waals surface area contributed by atoms with E-state index in [0.29, 0.717) is 16.3 Å². The fourth-order valence-corrected chi connectivity index (χ4v) is 2.11. The summed E-state index contributed by atoms with van der Waals surface area (Å²) in [6, 6.07) is 0. The van der Waals surface area contributed by atoms with E-state index in [-0.39, 0.29) is 5.97 Å². The molecule has 0 N–H and O–H groups in total. The SMILES string of the molecule is CCOC(=O)c1s/c(=N\N=C(C)C)n(C)c1C. The molecule has 1 rings (SSSR count). The molecule has 0 saturated carbocycles. The maximum Gasteiger partial charge on any atom is 0.350 e. The Morgan fingerprint density at radius 2 is 2.12 bits per heavy atom. The molecule has 94 valence electrons. The number of ether oxygens (including phenoxy) is 1. The van der Waals surface area contributed by atoms with Crippen LogP contribution in [0.4, 0.5) is 0 Å². The van der Waals surface area contributed by atoms with Gasteiger partial charge in [-0.15, -0.1) is 5.10 Å². The predicted molar refractivity (Wildman–Crippen MR) is 68.3 cm³/mol. The van der Waals surface area contributed by atoms with E-state index < -0.39 is 0 Å². The minimum Gasteiger partial charge on any atom is -0.462 e. The van der Waals surface area contributed by atoms with Crippen molar-refractivity contribution in [2.24, 2.45) is 17.3 Å². The molecule has 0 amide bonds. The van der Waals surface area contributed by atoms with Gasteiger partial charge in [-0.2, -0.15) is 5.10 Å². The number of carbonyl (C=O) groups is 1. The van der Waals surface area contributed by atoms with Gasteiger partial charge in [-0.05, 0) is 27.7 Å². The van der Waals surface area contributed by atoms with E-state index >= 15 is 0 Å². The van der Waals surface area contributed by atoms with Gasteiger partial charge in [0, 0.05) is 18.5 Å². The van der Waals surface area contributed by atoms with Crippen molar-refractivity contribution in [1.82, 2.24) is 4.57 Å². The molecule has 0 atom stereocenters. The molecule has 0 unspecified atom stereocenters. The zero-order valence-corrected chi connectivity index (χ0v) is 11.6. The second-order valence-corrected chi connectivity index (χ2v) is 4.70. The monoisotopic (exact) mass is 255 g/mol. The quantitative estimate of drug-likeness (QED) is 0.470. The van der Waals surface area contributed by atoms with Gasteiger partial charge in [0.15, 0.2) is 0 Å². The van der Waals surface area contributed by atoms with Crippen molar-refractivity contribution < 1.29 is 9.53 Å². The summed E-state index contributed by atoms with van der Waals surface area (Å²) in [5, 5.41) is 8.09. The van der Waals surface area contributed by atoms with Gasteiger partial charge >= 0.3 is 5.97 Å². The van der Waals surface area contributed by atoms with Crippen molar-refractivity contribution in [2.75, 3.05) is 6.61 Å². The second-order valence-electron chi connectivity index (χ2n) is 3.73. The minimum atomic E-state index is -0.302. The lowest BCUT2D eigenvalue weighted by molar-refractivity contribution is 0.0530. The van der Waals surface area contributed by atoms with Crippen molar-refractivity contribution >= 4 is 23.0 Å². The Bertz CT molecular complexity index is 507. The van der Waals surface area contributed by atoms with Crippen LogP contribution in [0.2, 0.25) is 0 Å². The van der Waals surface area contributed by atoms with Gasteiger partial charge in [-0.1, -0.05) is 11.3 Å². The molecule has 5 nitrogen and oxygen atoms in total. The third-order valence-electron chi connectivity index (χ3n) is 2.11. The van der Waals surface area contributed by atoms with Gasteiger partial charge in [-0.3, -0.25) is 0 Å². The van der Waals surface area contributed by atoms with E-state index in [9.17, 15) is 4.79 Å². The minimum absolute atomic E-state index is 0.302. The first kappa shape index (κ1) is 13.6. The van der Waals surface area contributed by atoms with Crippen molar-refractivity contribution in [3.05, 3.63) is 15.4 Å². The summed E-state index contributed by atoms with van der Waals surface area (Å²) in [7, 11) is 1.86. The number of nitrogens with zero attached hydrogens (tertiary/aromatic N) is 3. The van der Waals surface area contributed by atoms with Crippen LogP contribution in [0.3, 0.4) is 0 Å². The zero-order valence-electron chi connectivity index (χ0n) is 10.8. The Morgan fingerprint density at radius 3 is 2.65 bits per heavy atom. The fourth-order valence-electron chi connectivity index (χ4n) is 1.15.